The zero-order chi connectivity index (χ0) is 11.4. The summed E-state index contributed by atoms with van der Waals surface area (Å²) < 4.78 is 0. The van der Waals surface area contributed by atoms with E-state index in [1.165, 1.54) is 57.9 Å². The number of rotatable bonds is 2. The van der Waals surface area contributed by atoms with Crippen LogP contribution in [-0.2, 0) is 0 Å². The third-order valence-corrected chi connectivity index (χ3v) is 4.46. The van der Waals surface area contributed by atoms with Crippen LogP contribution in [-0.4, -0.2) is 36.6 Å². The van der Waals surface area contributed by atoms with Crippen molar-refractivity contribution in [3.63, 3.8) is 0 Å². The monoisotopic (exact) mass is 224 g/mol. The van der Waals surface area contributed by atoms with E-state index < -0.39 is 0 Å². The zero-order valence-electron chi connectivity index (χ0n) is 11.0. The summed E-state index contributed by atoms with van der Waals surface area (Å²) in [4.78, 5) is 2.49. The molecule has 2 nitrogen and oxygen atoms in total. The molecule has 2 atom stereocenters. The normalized spacial score (nSPS) is 34.9. The van der Waals surface area contributed by atoms with Crippen LogP contribution in [0.25, 0.3) is 0 Å². The number of nitrogens with zero attached hydrogens (tertiary/aromatic N) is 1. The van der Waals surface area contributed by atoms with Crippen molar-refractivity contribution in [3.05, 3.63) is 0 Å². The molecule has 1 aliphatic carbocycles. The SMILES string of the molecule is CC1CC(NC2CCCCCCC2)CN1C. The Balaban J connectivity index is 1.75. The van der Waals surface area contributed by atoms with Crippen molar-refractivity contribution in [2.24, 2.45) is 0 Å². The van der Waals surface area contributed by atoms with E-state index in [1.807, 2.05) is 0 Å². The van der Waals surface area contributed by atoms with Gasteiger partial charge in [-0.05, 0) is 33.2 Å². The van der Waals surface area contributed by atoms with E-state index in [0.717, 1.165) is 18.1 Å². The quantitative estimate of drug-likeness (QED) is 0.776. The molecular formula is C14H28N2. The molecule has 2 fully saturated rings. The Bertz CT molecular complexity index is 187. The highest BCUT2D eigenvalue weighted by atomic mass is 15.2. The predicted molar refractivity (Wildman–Crippen MR) is 69.7 cm³/mol. The average molecular weight is 224 g/mol. The molecule has 94 valence electrons. The highest BCUT2D eigenvalue weighted by Crippen LogP contribution is 2.20. The minimum absolute atomic E-state index is 0.754. The van der Waals surface area contributed by atoms with E-state index in [4.69, 9.17) is 0 Å². The van der Waals surface area contributed by atoms with E-state index >= 15 is 0 Å². The van der Waals surface area contributed by atoms with Crippen molar-refractivity contribution >= 4 is 0 Å². The maximum atomic E-state index is 3.90. The molecule has 0 bridgehead atoms. The van der Waals surface area contributed by atoms with Crippen LogP contribution >= 0.6 is 0 Å². The van der Waals surface area contributed by atoms with Crippen LogP contribution in [0.2, 0.25) is 0 Å². The fourth-order valence-corrected chi connectivity index (χ4v) is 3.27. The summed E-state index contributed by atoms with van der Waals surface area (Å²) >= 11 is 0. The summed E-state index contributed by atoms with van der Waals surface area (Å²) in [5.74, 6) is 0. The maximum absolute atomic E-state index is 3.90. The summed E-state index contributed by atoms with van der Waals surface area (Å²) in [6, 6.07) is 2.33. The topological polar surface area (TPSA) is 15.3 Å². The molecule has 1 saturated heterocycles. The summed E-state index contributed by atoms with van der Waals surface area (Å²) in [5, 5.41) is 3.90. The van der Waals surface area contributed by atoms with Crippen molar-refractivity contribution in [3.8, 4) is 0 Å². The largest absolute Gasteiger partial charge is 0.310 e. The summed E-state index contributed by atoms with van der Waals surface area (Å²) in [6.45, 7) is 3.59. The Morgan fingerprint density at radius 3 is 2.12 bits per heavy atom. The first-order chi connectivity index (χ1) is 7.75. The van der Waals surface area contributed by atoms with Crippen molar-refractivity contribution in [2.45, 2.75) is 76.4 Å². The minimum Gasteiger partial charge on any atom is -0.310 e. The van der Waals surface area contributed by atoms with E-state index in [2.05, 4.69) is 24.2 Å². The molecule has 0 spiro atoms. The smallest absolute Gasteiger partial charge is 0.0212 e. The predicted octanol–water partition coefficient (Wildman–Crippen LogP) is 2.78. The molecule has 0 radical (unpaired) electrons. The molecule has 2 aliphatic rings. The van der Waals surface area contributed by atoms with Gasteiger partial charge in [-0.1, -0.05) is 32.1 Å². The number of hydrogen-bond acceptors (Lipinski definition) is 2. The molecule has 16 heavy (non-hydrogen) atoms. The van der Waals surface area contributed by atoms with Crippen LogP contribution in [0.15, 0.2) is 0 Å². The number of likely N-dealkylation sites (N-methyl/N-ethyl adjacent to an activating group) is 1. The maximum Gasteiger partial charge on any atom is 0.0212 e. The molecule has 0 aromatic carbocycles. The van der Waals surface area contributed by atoms with Gasteiger partial charge in [0.15, 0.2) is 0 Å². The Hall–Kier alpha value is -0.0800. The molecule has 2 rings (SSSR count). The highest BCUT2D eigenvalue weighted by molar-refractivity contribution is 4.87. The summed E-state index contributed by atoms with van der Waals surface area (Å²) in [7, 11) is 2.25. The lowest BCUT2D eigenvalue weighted by atomic mass is 9.96. The second-order valence-electron chi connectivity index (χ2n) is 5.93. The van der Waals surface area contributed by atoms with Crippen LogP contribution in [0.4, 0.5) is 0 Å². The fourth-order valence-electron chi connectivity index (χ4n) is 3.27. The Morgan fingerprint density at radius 1 is 0.938 bits per heavy atom. The van der Waals surface area contributed by atoms with E-state index in [-0.39, 0.29) is 0 Å². The number of nitrogens with one attached hydrogen (secondary N) is 1. The van der Waals surface area contributed by atoms with Crippen LogP contribution in [0, 0.1) is 0 Å². The Morgan fingerprint density at radius 2 is 1.56 bits per heavy atom. The molecule has 2 heteroatoms. The van der Waals surface area contributed by atoms with Gasteiger partial charge in [0.1, 0.15) is 0 Å². The lowest BCUT2D eigenvalue weighted by Crippen LogP contribution is -2.40. The first-order valence-corrected chi connectivity index (χ1v) is 7.22. The van der Waals surface area contributed by atoms with Gasteiger partial charge in [0, 0.05) is 24.7 Å². The van der Waals surface area contributed by atoms with Gasteiger partial charge in [0.05, 0.1) is 0 Å². The van der Waals surface area contributed by atoms with Gasteiger partial charge in [-0.2, -0.15) is 0 Å². The molecule has 2 unspecified atom stereocenters. The molecule has 0 aromatic rings. The van der Waals surface area contributed by atoms with Gasteiger partial charge in [-0.15, -0.1) is 0 Å². The van der Waals surface area contributed by atoms with Crippen molar-refractivity contribution in [1.82, 2.24) is 10.2 Å². The van der Waals surface area contributed by atoms with E-state index in [1.54, 1.807) is 0 Å². The van der Waals surface area contributed by atoms with Crippen molar-refractivity contribution in [1.29, 1.82) is 0 Å². The minimum atomic E-state index is 0.754. The van der Waals surface area contributed by atoms with Crippen LogP contribution < -0.4 is 5.32 Å². The second-order valence-corrected chi connectivity index (χ2v) is 5.93. The number of hydrogen-bond donors (Lipinski definition) is 1. The third kappa shape index (κ3) is 3.46. The van der Waals surface area contributed by atoms with Gasteiger partial charge >= 0.3 is 0 Å². The lowest BCUT2D eigenvalue weighted by Gasteiger charge is -2.24. The van der Waals surface area contributed by atoms with Crippen molar-refractivity contribution in [2.75, 3.05) is 13.6 Å². The summed E-state index contributed by atoms with van der Waals surface area (Å²) in [6.07, 6.45) is 11.4. The van der Waals surface area contributed by atoms with Gasteiger partial charge in [-0.3, -0.25) is 0 Å². The van der Waals surface area contributed by atoms with Crippen molar-refractivity contribution < 1.29 is 0 Å². The molecule has 0 aromatic heterocycles. The molecule has 1 saturated carbocycles. The van der Waals surface area contributed by atoms with Gasteiger partial charge in [0.25, 0.3) is 0 Å². The van der Waals surface area contributed by atoms with Crippen LogP contribution in [0.5, 0.6) is 0 Å². The zero-order valence-corrected chi connectivity index (χ0v) is 11.0. The van der Waals surface area contributed by atoms with Gasteiger partial charge < -0.3 is 10.2 Å². The Kier molecular flexibility index (Phi) is 4.66. The first kappa shape index (κ1) is 12.4. The Labute approximate surface area is 101 Å². The molecule has 1 aliphatic heterocycles. The highest BCUT2D eigenvalue weighted by Gasteiger charge is 2.27. The van der Waals surface area contributed by atoms with Crippen LogP contribution in [0.1, 0.15) is 58.3 Å². The number of likely N-dealkylation sites (tertiary alicyclic amines) is 1. The lowest BCUT2D eigenvalue weighted by molar-refractivity contribution is 0.317. The average Bonchev–Trinajstić information content (AvgIpc) is 2.50. The van der Waals surface area contributed by atoms with Gasteiger partial charge in [-0.25, -0.2) is 0 Å². The molecule has 0 amide bonds. The fraction of sp³-hybridized carbons (Fsp3) is 1.00. The standard InChI is InChI=1S/C14H28N2/c1-12-10-14(11-16(12)2)15-13-8-6-4-3-5-7-9-13/h12-15H,3-11H2,1-2H3. The molecule has 1 N–H and O–H groups in total. The van der Waals surface area contributed by atoms with Crippen LogP contribution in [0.3, 0.4) is 0 Å². The molecular weight excluding hydrogens is 196 g/mol. The van der Waals surface area contributed by atoms with E-state index in [9.17, 15) is 0 Å². The third-order valence-electron chi connectivity index (χ3n) is 4.46. The first-order valence-electron chi connectivity index (χ1n) is 7.22. The van der Waals surface area contributed by atoms with E-state index in [0.29, 0.717) is 0 Å². The molecule has 1 heterocycles. The summed E-state index contributed by atoms with van der Waals surface area (Å²) in [5.41, 5.74) is 0. The van der Waals surface area contributed by atoms with Gasteiger partial charge in [0.2, 0.25) is 0 Å². The second kappa shape index (κ2) is 6.02.